The van der Waals surface area contributed by atoms with E-state index in [1.165, 1.54) is 120 Å². The molecule has 0 saturated heterocycles. The van der Waals surface area contributed by atoms with E-state index in [0.29, 0.717) is 5.92 Å². The predicted molar refractivity (Wildman–Crippen MR) is 193 cm³/mol. The van der Waals surface area contributed by atoms with E-state index in [0.717, 1.165) is 17.0 Å². The lowest BCUT2D eigenvalue weighted by Crippen LogP contribution is -2.15. The Morgan fingerprint density at radius 3 is 0.977 bits per heavy atom. The van der Waals surface area contributed by atoms with Crippen LogP contribution < -0.4 is 0 Å². The minimum absolute atomic E-state index is 0.601. The van der Waals surface area contributed by atoms with Gasteiger partial charge in [-0.05, 0) is 198 Å². The fourth-order valence-corrected chi connectivity index (χ4v) is 7.42. The van der Waals surface area contributed by atoms with Crippen molar-refractivity contribution in [3.63, 3.8) is 0 Å². The first-order chi connectivity index (χ1) is 20.6. The SMILES string of the molecule is C=C(c1c(C)c(C)c(C#Cc2c(C)c(C)c(C#Cc3c(C)c(C)c(C)c(C)c3C)c(C)c2C)c(C)c1C)C1CCC(C)CC1. The summed E-state index contributed by atoms with van der Waals surface area (Å²) in [5, 5.41) is 0. The maximum absolute atomic E-state index is 4.66. The van der Waals surface area contributed by atoms with Crippen molar-refractivity contribution in [3.05, 3.63) is 107 Å². The molecule has 1 saturated carbocycles. The van der Waals surface area contributed by atoms with Crippen molar-refractivity contribution in [1.82, 2.24) is 0 Å². The molecule has 0 aromatic heterocycles. The van der Waals surface area contributed by atoms with Crippen molar-refractivity contribution in [2.45, 2.75) is 123 Å². The Morgan fingerprint density at radius 2 is 0.659 bits per heavy atom. The van der Waals surface area contributed by atoms with Crippen LogP contribution in [0, 0.1) is 126 Å². The van der Waals surface area contributed by atoms with Gasteiger partial charge in [0.15, 0.2) is 0 Å². The molecule has 0 aliphatic heterocycles. The number of hydrogen-bond donors (Lipinski definition) is 0. The predicted octanol–water partition coefficient (Wildman–Crippen LogP) is 11.3. The monoisotopic (exact) mass is 582 g/mol. The van der Waals surface area contributed by atoms with Crippen LogP contribution in [0.1, 0.15) is 133 Å². The highest BCUT2D eigenvalue weighted by Gasteiger charge is 2.25. The molecule has 0 N–H and O–H groups in total. The van der Waals surface area contributed by atoms with Gasteiger partial charge in [0.05, 0.1) is 0 Å². The number of rotatable bonds is 2. The van der Waals surface area contributed by atoms with Crippen molar-refractivity contribution in [1.29, 1.82) is 0 Å². The first-order valence-corrected chi connectivity index (χ1v) is 16.6. The Labute approximate surface area is 269 Å². The smallest absolute Gasteiger partial charge is 0.0313 e. The number of hydrogen-bond acceptors (Lipinski definition) is 0. The zero-order valence-electron chi connectivity index (χ0n) is 30.2. The summed E-state index contributed by atoms with van der Waals surface area (Å²) in [5.74, 6) is 16.0. The summed E-state index contributed by atoms with van der Waals surface area (Å²) < 4.78 is 0. The summed E-state index contributed by atoms with van der Waals surface area (Å²) in [6.07, 6.45) is 5.16. The molecule has 0 radical (unpaired) electrons. The number of benzene rings is 3. The molecule has 1 aliphatic rings. The molecule has 1 aliphatic carbocycles. The summed E-state index contributed by atoms with van der Waals surface area (Å²) in [5.41, 5.74) is 24.2. The highest BCUT2D eigenvalue weighted by Crippen LogP contribution is 2.40. The molecule has 0 spiro atoms. The first-order valence-electron chi connectivity index (χ1n) is 16.6. The minimum Gasteiger partial charge on any atom is -0.0949 e. The van der Waals surface area contributed by atoms with Crippen LogP contribution in [0.25, 0.3) is 5.57 Å². The highest BCUT2D eigenvalue weighted by atomic mass is 14.3. The number of allylic oxidation sites excluding steroid dienone is 1. The Kier molecular flexibility index (Phi) is 9.77. The van der Waals surface area contributed by atoms with Crippen LogP contribution in [-0.4, -0.2) is 0 Å². The van der Waals surface area contributed by atoms with E-state index in [2.05, 4.69) is 127 Å². The van der Waals surface area contributed by atoms with Gasteiger partial charge in [0.1, 0.15) is 0 Å². The van der Waals surface area contributed by atoms with Gasteiger partial charge in [-0.2, -0.15) is 0 Å². The van der Waals surface area contributed by atoms with Crippen molar-refractivity contribution < 1.29 is 0 Å². The third kappa shape index (κ3) is 5.82. The van der Waals surface area contributed by atoms with E-state index >= 15 is 0 Å². The minimum atomic E-state index is 0.601. The fraction of sp³-hybridized carbons (Fsp3) is 0.455. The van der Waals surface area contributed by atoms with E-state index in [-0.39, 0.29) is 0 Å². The van der Waals surface area contributed by atoms with E-state index in [1.54, 1.807) is 0 Å². The Balaban J connectivity index is 1.77. The summed E-state index contributed by atoms with van der Waals surface area (Å²) >= 11 is 0. The van der Waals surface area contributed by atoms with Gasteiger partial charge in [-0.15, -0.1) is 0 Å². The Morgan fingerprint density at radius 1 is 0.409 bits per heavy atom. The average Bonchev–Trinajstić information content (AvgIpc) is 3.00. The van der Waals surface area contributed by atoms with Crippen LogP contribution in [0.3, 0.4) is 0 Å². The van der Waals surface area contributed by atoms with E-state index in [9.17, 15) is 0 Å². The molecular weight excluding hydrogens is 528 g/mol. The molecule has 44 heavy (non-hydrogen) atoms. The second-order valence-corrected chi connectivity index (χ2v) is 14.0. The van der Waals surface area contributed by atoms with Crippen LogP contribution in [0.4, 0.5) is 0 Å². The Bertz CT molecular complexity index is 1720. The molecular formula is C44H54. The maximum Gasteiger partial charge on any atom is 0.0313 e. The third-order valence-electron chi connectivity index (χ3n) is 11.7. The third-order valence-corrected chi connectivity index (χ3v) is 11.7. The summed E-state index contributed by atoms with van der Waals surface area (Å²) in [4.78, 5) is 0. The van der Waals surface area contributed by atoms with Crippen LogP contribution >= 0.6 is 0 Å². The molecule has 4 rings (SSSR count). The van der Waals surface area contributed by atoms with E-state index in [1.807, 2.05) is 0 Å². The lowest BCUT2D eigenvalue weighted by molar-refractivity contribution is 0.337. The summed E-state index contributed by atoms with van der Waals surface area (Å²) in [6, 6.07) is 0. The van der Waals surface area contributed by atoms with Gasteiger partial charge in [-0.1, -0.05) is 50.0 Å². The van der Waals surface area contributed by atoms with Crippen molar-refractivity contribution in [2.24, 2.45) is 11.8 Å². The van der Waals surface area contributed by atoms with Gasteiger partial charge < -0.3 is 0 Å². The lowest BCUT2D eigenvalue weighted by atomic mass is 9.75. The summed E-state index contributed by atoms with van der Waals surface area (Å²) in [7, 11) is 0. The molecule has 0 nitrogen and oxygen atoms in total. The van der Waals surface area contributed by atoms with Crippen LogP contribution in [0.15, 0.2) is 6.58 Å². The molecule has 230 valence electrons. The second-order valence-electron chi connectivity index (χ2n) is 14.0. The molecule has 0 atom stereocenters. The second kappa shape index (κ2) is 12.9. The quantitative estimate of drug-likeness (QED) is 0.264. The molecule has 3 aromatic carbocycles. The van der Waals surface area contributed by atoms with Crippen LogP contribution in [0.5, 0.6) is 0 Å². The largest absolute Gasteiger partial charge is 0.0949 e. The molecule has 0 bridgehead atoms. The first kappa shape index (κ1) is 33.4. The van der Waals surface area contributed by atoms with Crippen LogP contribution in [0.2, 0.25) is 0 Å². The van der Waals surface area contributed by atoms with Gasteiger partial charge in [0, 0.05) is 22.3 Å². The molecule has 0 heterocycles. The van der Waals surface area contributed by atoms with Gasteiger partial charge in [0.2, 0.25) is 0 Å². The fourth-order valence-electron chi connectivity index (χ4n) is 7.42. The molecule has 0 heteroatoms. The molecule has 0 amide bonds. The van der Waals surface area contributed by atoms with Crippen LogP contribution in [-0.2, 0) is 0 Å². The molecule has 0 unspecified atom stereocenters. The van der Waals surface area contributed by atoms with E-state index in [4.69, 9.17) is 0 Å². The van der Waals surface area contributed by atoms with Crippen molar-refractivity contribution in [3.8, 4) is 23.7 Å². The summed E-state index contributed by atoms with van der Waals surface area (Å²) in [6.45, 7) is 36.0. The zero-order valence-corrected chi connectivity index (χ0v) is 30.2. The molecule has 1 fully saturated rings. The molecule has 3 aromatic rings. The van der Waals surface area contributed by atoms with Crippen molar-refractivity contribution >= 4 is 5.57 Å². The van der Waals surface area contributed by atoms with E-state index < -0.39 is 0 Å². The Hall–Kier alpha value is -3.48. The topological polar surface area (TPSA) is 0 Å². The highest BCUT2D eigenvalue weighted by molar-refractivity contribution is 5.75. The lowest BCUT2D eigenvalue weighted by Gasteiger charge is -2.30. The van der Waals surface area contributed by atoms with Gasteiger partial charge in [-0.3, -0.25) is 0 Å². The normalized spacial score (nSPS) is 16.2. The van der Waals surface area contributed by atoms with Crippen molar-refractivity contribution in [2.75, 3.05) is 0 Å². The maximum atomic E-state index is 4.66. The van der Waals surface area contributed by atoms with Gasteiger partial charge in [-0.25, -0.2) is 0 Å². The average molecular weight is 583 g/mol. The zero-order chi connectivity index (χ0) is 32.8. The van der Waals surface area contributed by atoms with Gasteiger partial charge >= 0.3 is 0 Å². The van der Waals surface area contributed by atoms with Gasteiger partial charge in [0.25, 0.3) is 0 Å². The standard InChI is InChI=1S/C44H54/c1-24-16-18-39(19-17-24)38(15)44-36(13)34(11)43(35(12)37(44)14)23-22-42-32(9)30(7)41(31(8)33(42)10)21-20-40-28(5)26(3)25(2)27(4)29(40)6/h24,39H,15-19H2,1-14H3.